The molecule has 1 aromatic carbocycles. The molecular formula is C15H18ClN5O3S. The summed E-state index contributed by atoms with van der Waals surface area (Å²) < 4.78 is 0. The number of azo groups is 1. The van der Waals surface area contributed by atoms with Gasteiger partial charge in [0.1, 0.15) is 6.20 Å². The highest BCUT2D eigenvalue weighted by Crippen LogP contribution is 2.30. The Morgan fingerprint density at radius 2 is 2.24 bits per heavy atom. The molecule has 0 saturated carbocycles. The van der Waals surface area contributed by atoms with Crippen LogP contribution in [0.15, 0.2) is 34.6 Å². The van der Waals surface area contributed by atoms with Crippen LogP contribution in [0, 0.1) is 17.0 Å². The molecule has 1 N–H and O–H groups in total. The van der Waals surface area contributed by atoms with E-state index in [4.69, 9.17) is 11.6 Å². The Balaban J connectivity index is 2.15. The SMILES string of the molecule is CCN(CC(O)CCl)c1ccc(N=Nc2ncc([N+](=O)[O-])s2)c(C)c1. The van der Waals surface area contributed by atoms with Crippen molar-refractivity contribution >= 4 is 44.4 Å². The number of benzene rings is 1. The van der Waals surface area contributed by atoms with E-state index in [1.807, 2.05) is 36.9 Å². The Kier molecular flexibility index (Phi) is 6.80. The minimum Gasteiger partial charge on any atom is -0.390 e. The fourth-order valence-electron chi connectivity index (χ4n) is 2.15. The Morgan fingerprint density at radius 3 is 2.80 bits per heavy atom. The van der Waals surface area contributed by atoms with Crippen molar-refractivity contribution in [2.45, 2.75) is 20.0 Å². The lowest BCUT2D eigenvalue weighted by Crippen LogP contribution is -2.33. The minimum atomic E-state index is -0.595. The molecule has 0 aliphatic carbocycles. The van der Waals surface area contributed by atoms with Crippen molar-refractivity contribution in [2.75, 3.05) is 23.9 Å². The number of hydrogen-bond donors (Lipinski definition) is 1. The number of nitrogens with zero attached hydrogens (tertiary/aromatic N) is 5. The van der Waals surface area contributed by atoms with Crippen LogP contribution in [0.5, 0.6) is 0 Å². The van der Waals surface area contributed by atoms with Crippen LogP contribution in [0.25, 0.3) is 0 Å². The monoisotopic (exact) mass is 383 g/mol. The predicted molar refractivity (Wildman–Crippen MR) is 98.7 cm³/mol. The molecular weight excluding hydrogens is 366 g/mol. The molecule has 0 fully saturated rings. The van der Waals surface area contributed by atoms with Crippen LogP contribution in [0.4, 0.5) is 21.5 Å². The molecule has 134 valence electrons. The third kappa shape index (κ3) is 5.18. The molecule has 0 aliphatic rings. The number of hydrogen-bond acceptors (Lipinski definition) is 8. The molecule has 1 atom stereocenters. The molecule has 1 unspecified atom stereocenters. The highest BCUT2D eigenvalue weighted by Gasteiger charge is 2.12. The fraction of sp³-hybridized carbons (Fsp3) is 0.400. The molecule has 0 saturated heterocycles. The second-order valence-electron chi connectivity index (χ2n) is 5.26. The first-order valence-corrected chi connectivity index (χ1v) is 8.91. The van der Waals surface area contributed by atoms with E-state index < -0.39 is 11.0 Å². The van der Waals surface area contributed by atoms with Gasteiger partial charge in [-0.3, -0.25) is 10.1 Å². The molecule has 2 aromatic rings. The third-order valence-electron chi connectivity index (χ3n) is 3.44. The van der Waals surface area contributed by atoms with Gasteiger partial charge in [0.2, 0.25) is 5.13 Å². The number of likely N-dealkylation sites (N-methyl/N-ethyl adjacent to an activating group) is 1. The van der Waals surface area contributed by atoms with Crippen LogP contribution < -0.4 is 4.90 Å². The first-order valence-electron chi connectivity index (χ1n) is 7.56. The fourth-order valence-corrected chi connectivity index (χ4v) is 2.80. The average Bonchev–Trinajstić information content (AvgIpc) is 3.07. The normalized spacial score (nSPS) is 12.5. The molecule has 0 spiro atoms. The second-order valence-corrected chi connectivity index (χ2v) is 6.55. The lowest BCUT2D eigenvalue weighted by Gasteiger charge is -2.25. The summed E-state index contributed by atoms with van der Waals surface area (Å²) in [4.78, 5) is 16.0. The molecule has 0 aliphatic heterocycles. The zero-order valence-corrected chi connectivity index (χ0v) is 15.4. The van der Waals surface area contributed by atoms with Gasteiger partial charge in [0.15, 0.2) is 0 Å². The summed E-state index contributed by atoms with van der Waals surface area (Å²) >= 11 is 6.53. The number of rotatable bonds is 8. The first kappa shape index (κ1) is 19.2. The molecule has 8 nitrogen and oxygen atoms in total. The van der Waals surface area contributed by atoms with Crippen molar-refractivity contribution < 1.29 is 10.0 Å². The lowest BCUT2D eigenvalue weighted by atomic mass is 10.1. The number of thiazole rings is 1. The van der Waals surface area contributed by atoms with Gasteiger partial charge in [0.05, 0.1) is 22.6 Å². The van der Waals surface area contributed by atoms with E-state index in [0.717, 1.165) is 35.3 Å². The van der Waals surface area contributed by atoms with Crippen LogP contribution in [0.2, 0.25) is 0 Å². The van der Waals surface area contributed by atoms with Gasteiger partial charge in [-0.15, -0.1) is 21.8 Å². The quantitative estimate of drug-likeness (QED) is 0.318. The highest BCUT2D eigenvalue weighted by atomic mass is 35.5. The standard InChI is InChI=1S/C15H18ClN5O3S/c1-3-20(9-12(22)7-16)11-4-5-13(10(2)6-11)18-19-15-17-8-14(25-15)21(23)24/h4-6,8,12,22H,3,7,9H2,1-2H3. The summed E-state index contributed by atoms with van der Waals surface area (Å²) in [7, 11) is 0. The number of nitro groups is 1. The van der Waals surface area contributed by atoms with E-state index in [2.05, 4.69) is 15.2 Å². The predicted octanol–water partition coefficient (Wildman–Crippen LogP) is 4.20. The van der Waals surface area contributed by atoms with E-state index in [-0.39, 0.29) is 16.0 Å². The molecule has 2 rings (SSSR count). The van der Waals surface area contributed by atoms with Crippen LogP contribution in [-0.4, -0.2) is 40.1 Å². The van der Waals surface area contributed by atoms with Gasteiger partial charge in [-0.2, -0.15) is 0 Å². The zero-order chi connectivity index (χ0) is 18.4. The summed E-state index contributed by atoms with van der Waals surface area (Å²) in [6.07, 6.45) is 0.568. The van der Waals surface area contributed by atoms with Crippen molar-refractivity contribution in [1.29, 1.82) is 0 Å². The van der Waals surface area contributed by atoms with Gasteiger partial charge < -0.3 is 10.0 Å². The van der Waals surface area contributed by atoms with Gasteiger partial charge in [-0.1, -0.05) is 0 Å². The van der Waals surface area contributed by atoms with Crippen LogP contribution in [0.3, 0.4) is 0 Å². The van der Waals surface area contributed by atoms with E-state index in [0.29, 0.717) is 12.2 Å². The maximum atomic E-state index is 10.6. The van der Waals surface area contributed by atoms with Crippen molar-refractivity contribution in [3.63, 3.8) is 0 Å². The Morgan fingerprint density at radius 1 is 1.48 bits per heavy atom. The topological polar surface area (TPSA) is 104 Å². The van der Waals surface area contributed by atoms with Crippen molar-refractivity contribution in [3.8, 4) is 0 Å². The molecule has 0 radical (unpaired) electrons. The molecule has 25 heavy (non-hydrogen) atoms. The van der Waals surface area contributed by atoms with E-state index in [9.17, 15) is 15.2 Å². The van der Waals surface area contributed by atoms with Gasteiger partial charge >= 0.3 is 5.00 Å². The minimum absolute atomic E-state index is 0.0718. The summed E-state index contributed by atoms with van der Waals surface area (Å²) in [6.45, 7) is 5.08. The highest BCUT2D eigenvalue weighted by molar-refractivity contribution is 7.18. The van der Waals surface area contributed by atoms with Crippen LogP contribution in [0.1, 0.15) is 12.5 Å². The van der Waals surface area contributed by atoms with Gasteiger partial charge in [0.25, 0.3) is 0 Å². The molecule has 1 aromatic heterocycles. The smallest absolute Gasteiger partial charge is 0.345 e. The van der Waals surface area contributed by atoms with Gasteiger partial charge in [-0.05, 0) is 48.9 Å². The van der Waals surface area contributed by atoms with Gasteiger partial charge in [0, 0.05) is 18.8 Å². The number of anilines is 1. The average molecular weight is 384 g/mol. The molecule has 10 heteroatoms. The number of aryl methyl sites for hydroxylation is 1. The number of aromatic nitrogens is 1. The number of aliphatic hydroxyl groups excluding tert-OH is 1. The van der Waals surface area contributed by atoms with Crippen molar-refractivity contribution in [3.05, 3.63) is 40.1 Å². The van der Waals surface area contributed by atoms with E-state index in [1.54, 1.807) is 0 Å². The van der Waals surface area contributed by atoms with E-state index in [1.165, 1.54) is 0 Å². The van der Waals surface area contributed by atoms with Crippen LogP contribution >= 0.6 is 22.9 Å². The Labute approximate surface area is 153 Å². The van der Waals surface area contributed by atoms with Crippen molar-refractivity contribution in [1.82, 2.24) is 4.98 Å². The van der Waals surface area contributed by atoms with Crippen LogP contribution in [-0.2, 0) is 0 Å². The van der Waals surface area contributed by atoms with E-state index >= 15 is 0 Å². The maximum absolute atomic E-state index is 10.6. The number of alkyl halides is 1. The largest absolute Gasteiger partial charge is 0.390 e. The summed E-state index contributed by atoms with van der Waals surface area (Å²) in [5.74, 6) is 0.182. The zero-order valence-electron chi connectivity index (χ0n) is 13.8. The Bertz CT molecular complexity index is 767. The number of aliphatic hydroxyl groups is 1. The lowest BCUT2D eigenvalue weighted by molar-refractivity contribution is -0.380. The number of halogens is 1. The second kappa shape index (κ2) is 8.84. The molecule has 0 amide bonds. The summed E-state index contributed by atoms with van der Waals surface area (Å²) in [5.41, 5.74) is 2.50. The Hall–Kier alpha value is -2.10. The maximum Gasteiger partial charge on any atom is 0.345 e. The van der Waals surface area contributed by atoms with Crippen molar-refractivity contribution in [2.24, 2.45) is 10.2 Å². The molecule has 0 bridgehead atoms. The summed E-state index contributed by atoms with van der Waals surface area (Å²) in [5, 5.41) is 28.6. The van der Waals surface area contributed by atoms with Gasteiger partial charge in [-0.25, -0.2) is 4.98 Å². The first-order chi connectivity index (χ1) is 11.9. The molecule has 1 heterocycles. The third-order valence-corrected chi connectivity index (χ3v) is 4.63. The summed E-state index contributed by atoms with van der Waals surface area (Å²) in [6, 6.07) is 5.64.